The first-order valence-corrected chi connectivity index (χ1v) is 11.8. The predicted molar refractivity (Wildman–Crippen MR) is 127 cm³/mol. The van der Waals surface area contributed by atoms with Gasteiger partial charge in [-0.1, -0.05) is 0 Å². The van der Waals surface area contributed by atoms with Gasteiger partial charge in [0.05, 0.1) is 13.2 Å². The van der Waals surface area contributed by atoms with E-state index in [1.165, 1.54) is 6.07 Å². The van der Waals surface area contributed by atoms with E-state index in [9.17, 15) is 59.2 Å². The molecule has 2 fully saturated rings. The van der Waals surface area contributed by atoms with Crippen molar-refractivity contribution in [1.82, 2.24) is 19.1 Å². The molecule has 2 aromatic rings. The van der Waals surface area contributed by atoms with Gasteiger partial charge >= 0.3 is 11.4 Å². The van der Waals surface area contributed by atoms with Crippen molar-refractivity contribution in [3.8, 4) is 12.1 Å². The molecule has 8 atom stereocenters. The summed E-state index contributed by atoms with van der Waals surface area (Å²) in [7, 11) is 0. The normalized spacial score (nSPS) is 35.9. The van der Waals surface area contributed by atoms with Crippen LogP contribution in [0.15, 0.2) is 38.9 Å². The van der Waals surface area contributed by atoms with Crippen LogP contribution in [0.4, 0.5) is 14.6 Å². The van der Waals surface area contributed by atoms with E-state index in [2.05, 4.69) is 10.5 Å². The predicted octanol–water partition coefficient (Wildman–Crippen LogP) is -4.60. The van der Waals surface area contributed by atoms with Crippen molar-refractivity contribution in [3.63, 3.8) is 0 Å². The lowest BCUT2D eigenvalue weighted by atomic mass is 9.95. The van der Waals surface area contributed by atoms with Crippen molar-refractivity contribution in [3.05, 3.63) is 55.8 Å². The standard InChI is InChI=1S/C22H23F2N7O11/c23-5-19(9-32)13(35)14(36)21(7-25,41-19)30-3-1-11(27-17(30)38)29-40-16-15(37)20(6-24,10-33)42-22(16,8-26)31-4-2-12(34)28-18(31)39/h1-4,13-16,32-33,35-37H,5-6,9-10H2,(H,27,29,38)(H,28,34,39)/t13-,14+,15-,16+,19+,20+,21+,22+/m0/s1. The quantitative estimate of drug-likeness (QED) is 0.134. The summed E-state index contributed by atoms with van der Waals surface area (Å²) in [6.07, 6.45) is -6.97. The average molecular weight is 599 g/mol. The van der Waals surface area contributed by atoms with Crippen LogP contribution in [-0.4, -0.2) is 107 Å². The lowest BCUT2D eigenvalue weighted by molar-refractivity contribution is -0.170. The van der Waals surface area contributed by atoms with Gasteiger partial charge in [-0.2, -0.15) is 15.5 Å². The molecule has 0 spiro atoms. The Kier molecular flexibility index (Phi) is 8.03. The number of hydrogen-bond donors (Lipinski definition) is 7. The van der Waals surface area contributed by atoms with Gasteiger partial charge in [-0.15, -0.1) is 0 Å². The maximum atomic E-state index is 14.0. The number of hydrogen-bond acceptors (Lipinski definition) is 15. The zero-order valence-electron chi connectivity index (χ0n) is 21.1. The number of alkyl halides is 2. The number of aliphatic hydroxyl groups is 5. The lowest BCUT2D eigenvalue weighted by Crippen LogP contribution is -2.52. The fourth-order valence-corrected chi connectivity index (χ4v) is 4.72. The van der Waals surface area contributed by atoms with Crippen LogP contribution >= 0.6 is 0 Å². The summed E-state index contributed by atoms with van der Waals surface area (Å²) in [5.41, 5.74) is -11.7. The Labute approximate surface area is 231 Å². The molecule has 18 nitrogen and oxygen atoms in total. The summed E-state index contributed by atoms with van der Waals surface area (Å²) in [6, 6.07) is 4.77. The summed E-state index contributed by atoms with van der Waals surface area (Å²) < 4.78 is 39.2. The SMILES string of the molecule is N#C[C@@]1(n2ccc(NO[C@@H]3[C@H](O)[C@](CO)(CF)O[C@@]3(C#N)n3ccc(=O)[nH]c3=O)nc2=O)O[C@@](CO)(CF)[C@@H](O)[C@H]1O. The third-order valence-electron chi connectivity index (χ3n) is 7.11. The van der Waals surface area contributed by atoms with E-state index in [0.717, 1.165) is 24.5 Å². The van der Waals surface area contributed by atoms with Gasteiger partial charge in [-0.25, -0.2) is 23.9 Å². The highest BCUT2D eigenvalue weighted by molar-refractivity contribution is 5.31. The Hall–Kier alpha value is -4.12. The van der Waals surface area contributed by atoms with Gasteiger partial charge in [0, 0.05) is 18.5 Å². The average Bonchev–Trinajstić information content (AvgIpc) is 3.37. The van der Waals surface area contributed by atoms with Gasteiger partial charge in [0.2, 0.25) is 0 Å². The molecular formula is C22H23F2N7O11. The molecule has 0 bridgehead atoms. The second kappa shape index (κ2) is 10.9. The molecule has 7 N–H and O–H groups in total. The molecule has 0 aromatic carbocycles. The first kappa shape index (κ1) is 30.8. The Morgan fingerprint density at radius 3 is 2.02 bits per heavy atom. The monoisotopic (exact) mass is 599 g/mol. The van der Waals surface area contributed by atoms with Crippen molar-refractivity contribution >= 4 is 5.82 Å². The summed E-state index contributed by atoms with van der Waals surface area (Å²) in [6.45, 7) is -5.47. The van der Waals surface area contributed by atoms with Crippen molar-refractivity contribution < 1.29 is 48.6 Å². The first-order valence-electron chi connectivity index (χ1n) is 11.8. The van der Waals surface area contributed by atoms with Gasteiger partial charge in [-0.3, -0.25) is 23.8 Å². The minimum Gasteiger partial charge on any atom is -0.393 e. The fraction of sp³-hybridized carbons (Fsp3) is 0.545. The number of aliphatic hydroxyl groups excluding tert-OH is 5. The highest BCUT2D eigenvalue weighted by Crippen LogP contribution is 2.43. The van der Waals surface area contributed by atoms with E-state index in [1.54, 1.807) is 6.07 Å². The van der Waals surface area contributed by atoms with Crippen molar-refractivity contribution in [1.29, 1.82) is 10.5 Å². The Morgan fingerprint density at radius 2 is 1.52 bits per heavy atom. The molecule has 42 heavy (non-hydrogen) atoms. The minimum atomic E-state index is -2.74. The molecule has 0 amide bonds. The third kappa shape index (κ3) is 4.29. The van der Waals surface area contributed by atoms with Crippen LogP contribution in [0.25, 0.3) is 0 Å². The van der Waals surface area contributed by atoms with Crippen molar-refractivity contribution in [2.45, 2.75) is 47.1 Å². The second-order valence-electron chi connectivity index (χ2n) is 9.45. The third-order valence-corrected chi connectivity index (χ3v) is 7.11. The smallest absolute Gasteiger partial charge is 0.352 e. The van der Waals surface area contributed by atoms with Crippen LogP contribution in [0.3, 0.4) is 0 Å². The summed E-state index contributed by atoms with van der Waals surface area (Å²) in [4.78, 5) is 47.6. The highest BCUT2D eigenvalue weighted by atomic mass is 19.1. The molecule has 20 heteroatoms. The number of nitriles is 2. The van der Waals surface area contributed by atoms with E-state index < -0.39 is 96.4 Å². The van der Waals surface area contributed by atoms with Crippen molar-refractivity contribution in [2.75, 3.05) is 32.0 Å². The number of rotatable bonds is 9. The molecule has 0 aliphatic carbocycles. The van der Waals surface area contributed by atoms with Crippen LogP contribution in [0, 0.1) is 22.7 Å². The summed E-state index contributed by atoms with van der Waals surface area (Å²) in [5, 5.41) is 70.6. The molecular weight excluding hydrogens is 576 g/mol. The van der Waals surface area contributed by atoms with Gasteiger partial charge in [-0.05, 0) is 6.07 Å². The van der Waals surface area contributed by atoms with Crippen LogP contribution in [0.1, 0.15) is 0 Å². The second-order valence-corrected chi connectivity index (χ2v) is 9.45. The molecule has 4 heterocycles. The molecule has 0 saturated carbocycles. The lowest BCUT2D eigenvalue weighted by Gasteiger charge is -2.30. The topological polar surface area (TPSA) is 278 Å². The van der Waals surface area contributed by atoms with Gasteiger partial charge < -0.3 is 35.0 Å². The molecule has 4 rings (SSSR count). The van der Waals surface area contributed by atoms with E-state index in [4.69, 9.17) is 14.3 Å². The number of anilines is 1. The highest BCUT2D eigenvalue weighted by Gasteiger charge is 2.67. The number of halogens is 2. The number of aromatic nitrogens is 4. The molecule has 0 unspecified atom stereocenters. The van der Waals surface area contributed by atoms with Gasteiger partial charge in [0.25, 0.3) is 17.0 Å². The summed E-state index contributed by atoms with van der Waals surface area (Å²) in [5.74, 6) is -0.508. The zero-order valence-corrected chi connectivity index (χ0v) is 21.1. The van der Waals surface area contributed by atoms with E-state index in [1.807, 2.05) is 4.98 Å². The van der Waals surface area contributed by atoms with Crippen LogP contribution in [-0.2, 0) is 25.8 Å². The molecule has 226 valence electrons. The van der Waals surface area contributed by atoms with E-state index in [0.29, 0.717) is 9.13 Å². The van der Waals surface area contributed by atoms with Gasteiger partial charge in [0.15, 0.2) is 23.1 Å². The van der Waals surface area contributed by atoms with Crippen LogP contribution < -0.4 is 22.4 Å². The summed E-state index contributed by atoms with van der Waals surface area (Å²) >= 11 is 0. The molecule has 2 aromatic heterocycles. The number of aromatic amines is 1. The number of H-pyrrole nitrogens is 1. The maximum Gasteiger partial charge on any atom is 0.352 e. The molecule has 2 aliphatic heterocycles. The van der Waals surface area contributed by atoms with E-state index in [-0.39, 0.29) is 0 Å². The Bertz CT molecular complexity index is 1590. The zero-order chi connectivity index (χ0) is 31.1. The number of nitrogens with zero attached hydrogens (tertiary/aromatic N) is 5. The molecule has 2 saturated heterocycles. The fourth-order valence-electron chi connectivity index (χ4n) is 4.72. The minimum absolute atomic E-state index is 0.395. The number of nitrogens with one attached hydrogen (secondary N) is 2. The molecule has 2 aliphatic rings. The largest absolute Gasteiger partial charge is 0.393 e. The van der Waals surface area contributed by atoms with Gasteiger partial charge in [0.1, 0.15) is 43.8 Å². The Morgan fingerprint density at radius 1 is 0.952 bits per heavy atom. The Balaban J connectivity index is 1.70. The van der Waals surface area contributed by atoms with Crippen molar-refractivity contribution in [2.24, 2.45) is 0 Å². The van der Waals surface area contributed by atoms with Crippen LogP contribution in [0.2, 0.25) is 0 Å². The first-order chi connectivity index (χ1) is 19.9. The maximum absolute atomic E-state index is 14.0. The number of ether oxygens (including phenoxy) is 2. The van der Waals surface area contributed by atoms with E-state index >= 15 is 0 Å². The van der Waals surface area contributed by atoms with Crippen LogP contribution in [0.5, 0.6) is 0 Å². The molecule has 0 radical (unpaired) electrons.